The molecule has 0 fully saturated rings. The first-order valence-corrected chi connectivity index (χ1v) is 8.31. The van der Waals surface area contributed by atoms with Gasteiger partial charge in [0.25, 0.3) is 0 Å². The first kappa shape index (κ1) is 20.2. The van der Waals surface area contributed by atoms with Crippen LogP contribution in [0.4, 0.5) is 19.3 Å². The number of carboxylic acids is 1. The van der Waals surface area contributed by atoms with E-state index in [-0.39, 0.29) is 24.3 Å². The lowest BCUT2D eigenvalue weighted by atomic mass is 10.0. The summed E-state index contributed by atoms with van der Waals surface area (Å²) in [4.78, 5) is 23.1. The molecule has 27 heavy (non-hydrogen) atoms. The lowest BCUT2D eigenvalue weighted by Gasteiger charge is -2.19. The molecule has 144 valence electrons. The number of anilines is 1. The second-order valence-corrected chi connectivity index (χ2v) is 5.79. The maximum Gasteiger partial charge on any atom is 0.387 e. The van der Waals surface area contributed by atoms with E-state index < -0.39 is 24.7 Å². The third-order valence-electron chi connectivity index (χ3n) is 3.72. The maximum atomic E-state index is 12.5. The largest absolute Gasteiger partial charge is 0.481 e. The summed E-state index contributed by atoms with van der Waals surface area (Å²) >= 11 is 0. The van der Waals surface area contributed by atoms with E-state index >= 15 is 0 Å². The minimum absolute atomic E-state index is 0.0898. The van der Waals surface area contributed by atoms with E-state index in [0.29, 0.717) is 6.42 Å². The van der Waals surface area contributed by atoms with Crippen LogP contribution in [0, 0.1) is 0 Å². The van der Waals surface area contributed by atoms with E-state index in [1.54, 1.807) is 6.07 Å². The van der Waals surface area contributed by atoms with Crippen LogP contribution in [-0.4, -0.2) is 29.8 Å². The monoisotopic (exact) mass is 378 g/mol. The molecule has 2 aromatic carbocycles. The fourth-order valence-electron chi connectivity index (χ4n) is 2.53. The summed E-state index contributed by atoms with van der Waals surface area (Å²) in [5.41, 5.74) is 1.03. The molecule has 0 aromatic heterocycles. The third kappa shape index (κ3) is 7.31. The summed E-state index contributed by atoms with van der Waals surface area (Å²) in [5.74, 6) is -1.13. The van der Waals surface area contributed by atoms with Gasteiger partial charge in [-0.05, 0) is 30.5 Å². The van der Waals surface area contributed by atoms with E-state index in [1.165, 1.54) is 18.2 Å². The second-order valence-electron chi connectivity index (χ2n) is 5.79. The molecular weight excluding hydrogens is 358 g/mol. The summed E-state index contributed by atoms with van der Waals surface area (Å²) in [6, 6.07) is 14.1. The second kappa shape index (κ2) is 10.1. The molecule has 0 saturated heterocycles. The highest BCUT2D eigenvalue weighted by molar-refractivity contribution is 5.91. The third-order valence-corrected chi connectivity index (χ3v) is 3.72. The van der Waals surface area contributed by atoms with Gasteiger partial charge in [-0.3, -0.25) is 4.79 Å². The van der Waals surface area contributed by atoms with Crippen molar-refractivity contribution in [3.05, 3.63) is 60.2 Å². The van der Waals surface area contributed by atoms with Crippen LogP contribution < -0.4 is 15.4 Å². The van der Waals surface area contributed by atoms with Crippen LogP contribution in [0.15, 0.2) is 54.6 Å². The minimum atomic E-state index is -3.02. The number of halogens is 2. The lowest BCUT2D eigenvalue weighted by Crippen LogP contribution is -2.39. The Labute approximate surface area is 155 Å². The molecule has 3 N–H and O–H groups in total. The van der Waals surface area contributed by atoms with E-state index in [9.17, 15) is 18.4 Å². The lowest BCUT2D eigenvalue weighted by molar-refractivity contribution is -0.137. The van der Waals surface area contributed by atoms with Crippen molar-refractivity contribution in [3.63, 3.8) is 0 Å². The van der Waals surface area contributed by atoms with Crippen molar-refractivity contribution in [2.45, 2.75) is 31.9 Å². The topological polar surface area (TPSA) is 87.7 Å². The van der Waals surface area contributed by atoms with Gasteiger partial charge >= 0.3 is 18.6 Å². The molecule has 1 atom stereocenters. The fraction of sp³-hybridized carbons (Fsp3) is 0.263. The Hall–Kier alpha value is -3.16. The van der Waals surface area contributed by atoms with Crippen LogP contribution in [0.3, 0.4) is 0 Å². The molecule has 0 spiro atoms. The van der Waals surface area contributed by atoms with Gasteiger partial charge in [0.05, 0.1) is 5.69 Å². The van der Waals surface area contributed by atoms with Crippen molar-refractivity contribution in [2.75, 3.05) is 5.32 Å². The number of aliphatic carboxylic acids is 1. The molecule has 0 saturated carbocycles. The standard InChI is InChI=1S/C19H20F2N2O4/c20-18(21)27-16-9-5-4-8-15(16)23-19(26)22-14(10-11-17(24)25)12-13-6-2-1-3-7-13/h1-9,14,18H,10-12H2,(H,24,25)(H2,22,23,26). The summed E-state index contributed by atoms with van der Waals surface area (Å²) in [7, 11) is 0. The number of carboxylic acid groups (broad SMARTS) is 1. The van der Waals surface area contributed by atoms with Crippen LogP contribution in [0.1, 0.15) is 18.4 Å². The van der Waals surface area contributed by atoms with E-state index in [0.717, 1.165) is 5.56 Å². The predicted octanol–water partition coefficient (Wildman–Crippen LogP) is 3.89. The van der Waals surface area contributed by atoms with Crippen molar-refractivity contribution in [2.24, 2.45) is 0 Å². The highest BCUT2D eigenvalue weighted by atomic mass is 19.3. The Balaban J connectivity index is 2.03. The Kier molecular flexibility index (Phi) is 7.54. The van der Waals surface area contributed by atoms with Crippen molar-refractivity contribution in [1.82, 2.24) is 5.32 Å². The molecule has 0 bridgehead atoms. The Morgan fingerprint density at radius 2 is 1.70 bits per heavy atom. The van der Waals surface area contributed by atoms with Gasteiger partial charge in [0.2, 0.25) is 0 Å². The molecule has 0 heterocycles. The SMILES string of the molecule is O=C(O)CCC(Cc1ccccc1)NC(=O)Nc1ccccc1OC(F)F. The number of rotatable bonds is 9. The van der Waals surface area contributed by atoms with Crippen LogP contribution >= 0.6 is 0 Å². The zero-order valence-electron chi connectivity index (χ0n) is 14.4. The fourth-order valence-corrected chi connectivity index (χ4v) is 2.53. The van der Waals surface area contributed by atoms with Crippen molar-refractivity contribution in [1.29, 1.82) is 0 Å². The van der Waals surface area contributed by atoms with Gasteiger partial charge in [-0.25, -0.2) is 4.79 Å². The van der Waals surface area contributed by atoms with Gasteiger partial charge in [-0.2, -0.15) is 8.78 Å². The summed E-state index contributed by atoms with van der Waals surface area (Å²) in [5, 5.41) is 14.1. The van der Waals surface area contributed by atoms with Crippen LogP contribution in [0.5, 0.6) is 5.75 Å². The molecule has 8 heteroatoms. The molecule has 1 unspecified atom stereocenters. The molecule has 0 aliphatic heterocycles. The number of carbonyl (C=O) groups excluding carboxylic acids is 1. The first-order chi connectivity index (χ1) is 12.9. The summed E-state index contributed by atoms with van der Waals surface area (Å²) in [6.45, 7) is -3.02. The van der Waals surface area contributed by atoms with Gasteiger partial charge in [0, 0.05) is 12.5 Å². The van der Waals surface area contributed by atoms with Crippen molar-refractivity contribution in [3.8, 4) is 5.75 Å². The Morgan fingerprint density at radius 3 is 2.37 bits per heavy atom. The summed E-state index contributed by atoms with van der Waals surface area (Å²) in [6.07, 6.45) is 0.562. The maximum absolute atomic E-state index is 12.5. The number of alkyl halides is 2. The molecule has 0 radical (unpaired) electrons. The Morgan fingerprint density at radius 1 is 1.04 bits per heavy atom. The molecule has 2 aromatic rings. The first-order valence-electron chi connectivity index (χ1n) is 8.31. The number of hydrogen-bond acceptors (Lipinski definition) is 3. The van der Waals surface area contributed by atoms with Crippen LogP contribution in [-0.2, 0) is 11.2 Å². The van der Waals surface area contributed by atoms with Gasteiger partial charge < -0.3 is 20.5 Å². The Bertz CT molecular complexity index is 756. The number of nitrogens with one attached hydrogen (secondary N) is 2. The van der Waals surface area contributed by atoms with Crippen molar-refractivity contribution < 1.29 is 28.2 Å². The van der Waals surface area contributed by atoms with Crippen LogP contribution in [0.25, 0.3) is 0 Å². The van der Waals surface area contributed by atoms with E-state index in [4.69, 9.17) is 5.11 Å². The van der Waals surface area contributed by atoms with E-state index in [2.05, 4.69) is 15.4 Å². The number of carbonyl (C=O) groups is 2. The predicted molar refractivity (Wildman–Crippen MR) is 96.0 cm³/mol. The average Bonchev–Trinajstić information content (AvgIpc) is 2.62. The van der Waals surface area contributed by atoms with Crippen LogP contribution in [0.2, 0.25) is 0 Å². The molecule has 6 nitrogen and oxygen atoms in total. The molecule has 2 amide bonds. The van der Waals surface area contributed by atoms with Gasteiger partial charge in [0.1, 0.15) is 5.75 Å². The minimum Gasteiger partial charge on any atom is -0.481 e. The van der Waals surface area contributed by atoms with Gasteiger partial charge in [-0.15, -0.1) is 0 Å². The molecule has 2 rings (SSSR count). The quantitative estimate of drug-likeness (QED) is 0.618. The molecular formula is C19H20F2N2O4. The molecule has 0 aliphatic carbocycles. The highest BCUT2D eigenvalue weighted by Crippen LogP contribution is 2.25. The van der Waals surface area contributed by atoms with E-state index in [1.807, 2.05) is 30.3 Å². The van der Waals surface area contributed by atoms with Crippen molar-refractivity contribution >= 4 is 17.7 Å². The molecule has 0 aliphatic rings. The van der Waals surface area contributed by atoms with Gasteiger partial charge in [-0.1, -0.05) is 42.5 Å². The normalized spacial score (nSPS) is 11.7. The number of ether oxygens (including phenoxy) is 1. The highest BCUT2D eigenvalue weighted by Gasteiger charge is 2.17. The number of hydrogen-bond donors (Lipinski definition) is 3. The summed E-state index contributed by atoms with van der Waals surface area (Å²) < 4.78 is 29.3. The van der Waals surface area contributed by atoms with Gasteiger partial charge in [0.15, 0.2) is 0 Å². The zero-order valence-corrected chi connectivity index (χ0v) is 14.4. The zero-order chi connectivity index (χ0) is 19.6. The number of urea groups is 1. The average molecular weight is 378 g/mol. The number of para-hydroxylation sites is 2. The number of benzene rings is 2. The number of amides is 2. The smallest absolute Gasteiger partial charge is 0.387 e.